The van der Waals surface area contributed by atoms with E-state index in [1.165, 1.54) is 31.4 Å². The normalized spacial score (nSPS) is 14.0. The molecular weight excluding hydrogens is 366 g/mol. The Bertz CT molecular complexity index is 539. The van der Waals surface area contributed by atoms with Gasteiger partial charge in [0.2, 0.25) is 0 Å². The summed E-state index contributed by atoms with van der Waals surface area (Å²) in [6.45, 7) is 0. The Balaban J connectivity index is 3.04. The number of halogens is 6. The molecule has 22 heavy (non-hydrogen) atoms. The van der Waals surface area contributed by atoms with E-state index in [1.807, 2.05) is 0 Å². The standard InChI is InChI=1S/C13H11Cl3F3NO2/c1-22-9-4-2-8(3-5-9)10(6-7-12(17,18)19)20-11(21)13(14,15)16/h2-7,10H,1H3,(H,20,21)/b7-6+. The maximum Gasteiger partial charge on any atom is 0.409 e. The molecule has 1 aromatic carbocycles. The third-order valence-electron chi connectivity index (χ3n) is 2.50. The number of carbonyl (C=O) groups excluding carboxylic acids is 1. The van der Waals surface area contributed by atoms with E-state index in [4.69, 9.17) is 39.5 Å². The molecule has 1 unspecified atom stereocenters. The third-order valence-corrected chi connectivity index (χ3v) is 3.01. The highest BCUT2D eigenvalue weighted by atomic mass is 35.6. The zero-order chi connectivity index (χ0) is 17.0. The number of alkyl halides is 6. The van der Waals surface area contributed by atoms with Gasteiger partial charge in [0.25, 0.3) is 9.70 Å². The number of hydrogen-bond acceptors (Lipinski definition) is 2. The van der Waals surface area contributed by atoms with Crippen molar-refractivity contribution in [1.82, 2.24) is 5.32 Å². The van der Waals surface area contributed by atoms with E-state index in [2.05, 4.69) is 5.32 Å². The monoisotopic (exact) mass is 375 g/mol. The Morgan fingerprint density at radius 3 is 2.18 bits per heavy atom. The fourth-order valence-electron chi connectivity index (χ4n) is 1.48. The van der Waals surface area contributed by atoms with Crippen molar-refractivity contribution in [2.45, 2.75) is 16.0 Å². The minimum atomic E-state index is -4.53. The zero-order valence-corrected chi connectivity index (χ0v) is 13.4. The first kappa shape index (κ1) is 18.9. The van der Waals surface area contributed by atoms with E-state index < -0.39 is 21.9 Å². The molecule has 0 aliphatic rings. The second kappa shape index (κ2) is 7.44. The summed E-state index contributed by atoms with van der Waals surface area (Å²) in [6, 6.07) is 4.93. The molecule has 0 radical (unpaired) electrons. The molecule has 0 aliphatic carbocycles. The van der Waals surface area contributed by atoms with Gasteiger partial charge in [-0.05, 0) is 17.7 Å². The number of allylic oxidation sites excluding steroid dienone is 1. The van der Waals surface area contributed by atoms with Gasteiger partial charge in [-0.3, -0.25) is 4.79 Å². The zero-order valence-electron chi connectivity index (χ0n) is 11.1. The van der Waals surface area contributed by atoms with Gasteiger partial charge < -0.3 is 10.1 Å². The number of methoxy groups -OCH3 is 1. The van der Waals surface area contributed by atoms with Crippen molar-refractivity contribution in [2.24, 2.45) is 0 Å². The van der Waals surface area contributed by atoms with Crippen LogP contribution in [-0.4, -0.2) is 23.0 Å². The summed E-state index contributed by atoms with van der Waals surface area (Å²) in [7, 11) is 1.45. The molecule has 0 bridgehead atoms. The molecule has 1 rings (SSSR count). The molecule has 1 aromatic rings. The number of rotatable bonds is 4. The summed E-state index contributed by atoms with van der Waals surface area (Å²) in [5.41, 5.74) is 0.365. The van der Waals surface area contributed by atoms with E-state index in [0.29, 0.717) is 11.3 Å². The molecule has 0 aliphatic heterocycles. The van der Waals surface area contributed by atoms with Gasteiger partial charge in [-0.25, -0.2) is 0 Å². The quantitative estimate of drug-likeness (QED) is 0.627. The minimum absolute atomic E-state index is 0.000549. The van der Waals surface area contributed by atoms with Crippen LogP contribution < -0.4 is 10.1 Å². The molecule has 0 spiro atoms. The molecule has 1 amide bonds. The van der Waals surface area contributed by atoms with E-state index in [9.17, 15) is 18.0 Å². The predicted molar refractivity (Wildman–Crippen MR) is 79.4 cm³/mol. The Labute approximate surface area is 140 Å². The van der Waals surface area contributed by atoms with Gasteiger partial charge in [0.15, 0.2) is 0 Å². The van der Waals surface area contributed by atoms with Gasteiger partial charge in [0, 0.05) is 6.08 Å². The highest BCUT2D eigenvalue weighted by molar-refractivity contribution is 6.76. The number of benzene rings is 1. The van der Waals surface area contributed by atoms with Crippen LogP contribution in [0.2, 0.25) is 0 Å². The third kappa shape index (κ3) is 6.34. The fourth-order valence-corrected chi connectivity index (χ4v) is 1.65. The first-order valence-corrected chi connectivity index (χ1v) is 6.94. The highest BCUT2D eigenvalue weighted by Crippen LogP contribution is 2.28. The van der Waals surface area contributed by atoms with Crippen molar-refractivity contribution in [1.29, 1.82) is 0 Å². The maximum atomic E-state index is 12.3. The first-order valence-electron chi connectivity index (χ1n) is 5.80. The highest BCUT2D eigenvalue weighted by Gasteiger charge is 2.32. The van der Waals surface area contributed by atoms with Crippen molar-refractivity contribution in [3.05, 3.63) is 42.0 Å². The van der Waals surface area contributed by atoms with Gasteiger partial charge in [-0.2, -0.15) is 13.2 Å². The second-order valence-corrected chi connectivity index (χ2v) is 6.40. The van der Waals surface area contributed by atoms with E-state index in [0.717, 1.165) is 6.08 Å². The van der Waals surface area contributed by atoms with Crippen LogP contribution in [-0.2, 0) is 4.79 Å². The average molecular weight is 377 g/mol. The van der Waals surface area contributed by atoms with E-state index >= 15 is 0 Å². The summed E-state index contributed by atoms with van der Waals surface area (Å²) < 4.78 is 39.6. The maximum absolute atomic E-state index is 12.3. The number of ether oxygens (including phenoxy) is 1. The van der Waals surface area contributed by atoms with Crippen molar-refractivity contribution >= 4 is 40.7 Å². The Morgan fingerprint density at radius 2 is 1.77 bits per heavy atom. The molecule has 1 atom stereocenters. The molecule has 0 fully saturated rings. The topological polar surface area (TPSA) is 38.3 Å². The average Bonchev–Trinajstić information content (AvgIpc) is 2.41. The number of nitrogens with one attached hydrogen (secondary N) is 1. The minimum Gasteiger partial charge on any atom is -0.497 e. The van der Waals surface area contributed by atoms with Crippen molar-refractivity contribution in [3.63, 3.8) is 0 Å². The Morgan fingerprint density at radius 1 is 1.23 bits per heavy atom. The van der Waals surface area contributed by atoms with Crippen molar-refractivity contribution in [3.8, 4) is 5.75 Å². The largest absolute Gasteiger partial charge is 0.497 e. The van der Waals surface area contributed by atoms with Crippen LogP contribution in [0, 0.1) is 0 Å². The van der Waals surface area contributed by atoms with Gasteiger partial charge in [-0.15, -0.1) is 0 Å². The van der Waals surface area contributed by atoms with Crippen LogP contribution in [0.15, 0.2) is 36.4 Å². The SMILES string of the molecule is COc1ccc(C(/C=C/C(F)(F)F)NC(=O)C(Cl)(Cl)Cl)cc1. The van der Waals surface area contributed by atoms with Crippen molar-refractivity contribution < 1.29 is 22.7 Å². The number of amides is 1. The Hall–Kier alpha value is -1.11. The summed E-state index contributed by atoms with van der Waals surface area (Å²) in [5.74, 6) is -0.528. The lowest BCUT2D eigenvalue weighted by atomic mass is 10.1. The number of carbonyl (C=O) groups is 1. The number of hydrogen-bond donors (Lipinski definition) is 1. The van der Waals surface area contributed by atoms with E-state index in [-0.39, 0.29) is 6.08 Å². The molecule has 0 heterocycles. The molecule has 3 nitrogen and oxygen atoms in total. The Kier molecular flexibility index (Phi) is 6.40. The predicted octanol–water partition coefficient (Wildman–Crippen LogP) is 4.34. The smallest absolute Gasteiger partial charge is 0.409 e. The lowest BCUT2D eigenvalue weighted by Gasteiger charge is -2.19. The summed E-state index contributed by atoms with van der Waals surface area (Å²) in [4.78, 5) is 11.6. The lowest BCUT2D eigenvalue weighted by molar-refractivity contribution is -0.120. The van der Waals surface area contributed by atoms with Crippen LogP contribution in [0.1, 0.15) is 11.6 Å². The molecule has 0 aromatic heterocycles. The van der Waals surface area contributed by atoms with Crippen molar-refractivity contribution in [2.75, 3.05) is 7.11 Å². The van der Waals surface area contributed by atoms with Crippen LogP contribution in [0.3, 0.4) is 0 Å². The van der Waals surface area contributed by atoms with Crippen LogP contribution >= 0.6 is 34.8 Å². The van der Waals surface area contributed by atoms with Gasteiger partial charge in [-0.1, -0.05) is 53.0 Å². The molecule has 0 saturated heterocycles. The summed E-state index contributed by atoms with van der Waals surface area (Å²) in [5, 5.41) is 2.22. The molecular formula is C13H11Cl3F3NO2. The summed E-state index contributed by atoms with van der Waals surface area (Å²) in [6.07, 6.45) is -3.77. The lowest BCUT2D eigenvalue weighted by Crippen LogP contribution is -2.36. The molecule has 9 heteroatoms. The second-order valence-electron chi connectivity index (χ2n) is 4.12. The van der Waals surface area contributed by atoms with Gasteiger partial charge >= 0.3 is 6.18 Å². The molecule has 122 valence electrons. The van der Waals surface area contributed by atoms with Gasteiger partial charge in [0.1, 0.15) is 5.75 Å². The van der Waals surface area contributed by atoms with Crippen LogP contribution in [0.5, 0.6) is 5.75 Å². The van der Waals surface area contributed by atoms with Gasteiger partial charge in [0.05, 0.1) is 13.2 Å². The summed E-state index contributed by atoms with van der Waals surface area (Å²) >= 11 is 16.2. The molecule has 1 N–H and O–H groups in total. The first-order chi connectivity index (χ1) is 10.0. The molecule has 0 saturated carbocycles. The van der Waals surface area contributed by atoms with Crippen LogP contribution in [0.25, 0.3) is 0 Å². The van der Waals surface area contributed by atoms with Crippen LogP contribution in [0.4, 0.5) is 13.2 Å². The fraction of sp³-hybridized carbons (Fsp3) is 0.308. The van der Waals surface area contributed by atoms with E-state index in [1.54, 1.807) is 0 Å².